The van der Waals surface area contributed by atoms with E-state index < -0.39 is 5.72 Å². The van der Waals surface area contributed by atoms with Crippen LogP contribution in [0.3, 0.4) is 0 Å². The maximum atomic E-state index is 14.2. The molecular weight excluding hydrogens is 423 g/mol. The Morgan fingerprint density at radius 2 is 1.97 bits per heavy atom. The highest BCUT2D eigenvalue weighted by molar-refractivity contribution is 5.86. The second kappa shape index (κ2) is 8.94. The van der Waals surface area contributed by atoms with Gasteiger partial charge in [-0.25, -0.2) is 19.4 Å². The normalized spacial score (nSPS) is 19.7. The summed E-state index contributed by atoms with van der Waals surface area (Å²) in [6, 6.07) is 8.46. The molecule has 7 nitrogen and oxygen atoms in total. The number of benzene rings is 2. The first-order chi connectivity index (χ1) is 16.0. The lowest BCUT2D eigenvalue weighted by atomic mass is 10.2. The molecular formula is C25H27FN4O3. The Hall–Kier alpha value is -3.26. The van der Waals surface area contributed by atoms with Gasteiger partial charge < -0.3 is 19.1 Å². The van der Waals surface area contributed by atoms with E-state index in [-0.39, 0.29) is 5.82 Å². The number of halogens is 1. The van der Waals surface area contributed by atoms with Crippen molar-refractivity contribution in [2.45, 2.75) is 31.9 Å². The van der Waals surface area contributed by atoms with Gasteiger partial charge in [0, 0.05) is 24.8 Å². The molecule has 3 aromatic rings. The van der Waals surface area contributed by atoms with Gasteiger partial charge in [0.25, 0.3) is 0 Å². The standard InChI is InChI=1S/C25H27FN4O3/c1-25(15-18-19(26)7-5-8-20(18)29-25)33-24-17-13-22(31-2)23(14-21(17)27-16-28-24)32-12-6-11-30-9-3-4-10-30/h5,7-8,13-16H,3-4,6,9-12H2,1-2H3. The van der Waals surface area contributed by atoms with Gasteiger partial charge in [-0.1, -0.05) is 6.07 Å². The first-order valence-corrected chi connectivity index (χ1v) is 11.3. The van der Waals surface area contributed by atoms with Crippen molar-refractivity contribution in [1.82, 2.24) is 14.9 Å². The quantitative estimate of drug-likeness (QED) is 0.492. The number of fused-ring (bicyclic) bond motifs is 2. The van der Waals surface area contributed by atoms with E-state index in [0.29, 0.717) is 45.5 Å². The Balaban J connectivity index is 1.37. The monoisotopic (exact) mass is 450 g/mol. The average Bonchev–Trinajstić information content (AvgIpc) is 3.44. The maximum Gasteiger partial charge on any atom is 0.227 e. The fourth-order valence-corrected chi connectivity index (χ4v) is 4.42. The van der Waals surface area contributed by atoms with Gasteiger partial charge in [0.1, 0.15) is 12.1 Å². The van der Waals surface area contributed by atoms with Gasteiger partial charge in [0.2, 0.25) is 11.6 Å². The van der Waals surface area contributed by atoms with Crippen LogP contribution >= 0.6 is 0 Å². The van der Waals surface area contributed by atoms with Crippen LogP contribution in [0.1, 0.15) is 26.2 Å². The van der Waals surface area contributed by atoms with Crippen molar-refractivity contribution in [3.8, 4) is 17.4 Å². The van der Waals surface area contributed by atoms with Gasteiger partial charge >= 0.3 is 0 Å². The summed E-state index contributed by atoms with van der Waals surface area (Å²) < 4.78 is 31.9. The van der Waals surface area contributed by atoms with Crippen LogP contribution in [0.25, 0.3) is 17.0 Å². The average molecular weight is 451 g/mol. The van der Waals surface area contributed by atoms with Gasteiger partial charge in [-0.2, -0.15) is 0 Å². The molecule has 3 heterocycles. The van der Waals surface area contributed by atoms with E-state index in [4.69, 9.17) is 14.2 Å². The van der Waals surface area contributed by atoms with Crippen molar-refractivity contribution < 1.29 is 18.6 Å². The summed E-state index contributed by atoms with van der Waals surface area (Å²) in [5, 5.41) is 1.65. The molecule has 172 valence electrons. The molecule has 0 aliphatic carbocycles. The van der Waals surface area contributed by atoms with Crippen molar-refractivity contribution in [2.24, 2.45) is 4.99 Å². The molecule has 0 N–H and O–H groups in total. The molecule has 1 atom stereocenters. The smallest absolute Gasteiger partial charge is 0.227 e. The molecule has 0 radical (unpaired) electrons. The minimum atomic E-state index is -1.08. The van der Waals surface area contributed by atoms with Gasteiger partial charge in [0.05, 0.1) is 30.0 Å². The number of ether oxygens (including phenoxy) is 3. The summed E-state index contributed by atoms with van der Waals surface area (Å²) in [6.45, 7) is 5.77. The summed E-state index contributed by atoms with van der Waals surface area (Å²) in [5.41, 5.74) is -0.412. The molecule has 1 aromatic heterocycles. The molecule has 2 aliphatic heterocycles. The van der Waals surface area contributed by atoms with Gasteiger partial charge in [-0.15, -0.1) is 0 Å². The van der Waals surface area contributed by atoms with Crippen LogP contribution < -0.4 is 24.8 Å². The van der Waals surface area contributed by atoms with Gasteiger partial charge in [-0.3, -0.25) is 0 Å². The molecule has 0 saturated carbocycles. The van der Waals surface area contributed by atoms with Gasteiger partial charge in [0.15, 0.2) is 11.5 Å². The maximum absolute atomic E-state index is 14.2. The van der Waals surface area contributed by atoms with Crippen molar-refractivity contribution in [1.29, 1.82) is 0 Å². The first kappa shape index (κ1) is 21.6. The van der Waals surface area contributed by atoms with Crippen molar-refractivity contribution in [3.05, 3.63) is 53.1 Å². The Morgan fingerprint density at radius 1 is 1.12 bits per heavy atom. The SMILES string of the molecule is COc1cc2c(OC3(C)C=c4c(F)cccc4=N3)ncnc2cc1OCCCN1CCCC1. The van der Waals surface area contributed by atoms with Crippen LogP contribution in [0, 0.1) is 5.82 Å². The Morgan fingerprint density at radius 3 is 2.76 bits per heavy atom. The van der Waals surface area contributed by atoms with E-state index in [2.05, 4.69) is 19.9 Å². The molecule has 0 bridgehead atoms. The summed E-state index contributed by atoms with van der Waals surface area (Å²) in [6.07, 6.45) is 6.63. The van der Waals surface area contributed by atoms with E-state index >= 15 is 0 Å². The molecule has 33 heavy (non-hydrogen) atoms. The summed E-state index contributed by atoms with van der Waals surface area (Å²) >= 11 is 0. The number of hydrogen-bond donors (Lipinski definition) is 0. The molecule has 1 unspecified atom stereocenters. The second-order valence-corrected chi connectivity index (χ2v) is 8.54. The Kier molecular flexibility index (Phi) is 5.85. The molecule has 2 aromatic carbocycles. The number of likely N-dealkylation sites (tertiary alicyclic amines) is 1. The zero-order valence-electron chi connectivity index (χ0n) is 18.9. The zero-order valence-corrected chi connectivity index (χ0v) is 18.9. The summed E-state index contributed by atoms with van der Waals surface area (Å²) in [4.78, 5) is 15.7. The van der Waals surface area contributed by atoms with E-state index in [0.717, 1.165) is 13.0 Å². The van der Waals surface area contributed by atoms with E-state index in [1.165, 1.54) is 38.3 Å². The minimum Gasteiger partial charge on any atom is -0.493 e. The van der Waals surface area contributed by atoms with E-state index in [1.807, 2.05) is 12.1 Å². The molecule has 1 fully saturated rings. The van der Waals surface area contributed by atoms with Crippen LogP contribution in [0.2, 0.25) is 0 Å². The van der Waals surface area contributed by atoms with Crippen LogP contribution in [0.5, 0.6) is 17.4 Å². The van der Waals surface area contributed by atoms with Crippen LogP contribution in [0.15, 0.2) is 41.7 Å². The highest BCUT2D eigenvalue weighted by Gasteiger charge is 2.28. The third kappa shape index (κ3) is 4.48. The van der Waals surface area contributed by atoms with Crippen LogP contribution in [0.4, 0.5) is 4.39 Å². The van der Waals surface area contributed by atoms with E-state index in [1.54, 1.807) is 32.2 Å². The van der Waals surface area contributed by atoms with E-state index in [9.17, 15) is 4.39 Å². The molecule has 0 spiro atoms. The topological polar surface area (TPSA) is 69.1 Å². The number of rotatable bonds is 8. The molecule has 0 amide bonds. The zero-order chi connectivity index (χ0) is 22.8. The Bertz CT molecular complexity index is 1290. The number of aromatic nitrogens is 2. The largest absolute Gasteiger partial charge is 0.493 e. The first-order valence-electron chi connectivity index (χ1n) is 11.3. The predicted octanol–water partition coefficient (Wildman–Crippen LogP) is 2.85. The second-order valence-electron chi connectivity index (χ2n) is 8.54. The molecule has 1 saturated heterocycles. The van der Waals surface area contributed by atoms with Crippen molar-refractivity contribution >= 4 is 17.0 Å². The number of hydrogen-bond acceptors (Lipinski definition) is 7. The highest BCUT2D eigenvalue weighted by atomic mass is 19.1. The highest BCUT2D eigenvalue weighted by Crippen LogP contribution is 2.36. The van der Waals surface area contributed by atoms with Crippen molar-refractivity contribution in [2.75, 3.05) is 33.4 Å². The summed E-state index contributed by atoms with van der Waals surface area (Å²) in [7, 11) is 1.60. The molecule has 8 heteroatoms. The molecule has 5 rings (SSSR count). The fourth-order valence-electron chi connectivity index (χ4n) is 4.42. The fraction of sp³-hybridized carbons (Fsp3) is 0.400. The number of methoxy groups -OCH3 is 1. The van der Waals surface area contributed by atoms with Crippen molar-refractivity contribution in [3.63, 3.8) is 0 Å². The van der Waals surface area contributed by atoms with Crippen LogP contribution in [-0.4, -0.2) is 53.9 Å². The summed E-state index contributed by atoms with van der Waals surface area (Å²) in [5.74, 6) is 1.22. The predicted molar refractivity (Wildman–Crippen MR) is 123 cm³/mol. The lowest BCUT2D eigenvalue weighted by Crippen LogP contribution is -2.26. The third-order valence-corrected chi connectivity index (χ3v) is 6.05. The van der Waals surface area contributed by atoms with Gasteiger partial charge in [-0.05, 0) is 56.6 Å². The molecule has 2 aliphatic rings. The number of nitrogens with zero attached hydrogens (tertiary/aromatic N) is 4. The Labute approximate surface area is 191 Å². The lowest BCUT2D eigenvalue weighted by Gasteiger charge is -2.21. The lowest BCUT2D eigenvalue weighted by molar-refractivity contribution is 0.161. The third-order valence-electron chi connectivity index (χ3n) is 6.05. The minimum absolute atomic E-state index is 0.329. The van der Waals surface area contributed by atoms with Crippen LogP contribution in [-0.2, 0) is 0 Å².